The van der Waals surface area contributed by atoms with Gasteiger partial charge in [-0.1, -0.05) is 17.7 Å². The van der Waals surface area contributed by atoms with Gasteiger partial charge in [0.15, 0.2) is 0 Å². The molecule has 0 aliphatic heterocycles. The fourth-order valence-electron chi connectivity index (χ4n) is 1.53. The fourth-order valence-corrected chi connectivity index (χ4v) is 2.51. The van der Waals surface area contributed by atoms with Crippen LogP contribution in [0.4, 0.5) is 13.2 Å². The van der Waals surface area contributed by atoms with Crippen LogP contribution in [-0.2, 0) is 4.79 Å². The van der Waals surface area contributed by atoms with Gasteiger partial charge in [0.05, 0.1) is 5.25 Å². The number of carbonyl (C=O) groups excluding carboxylic acids is 1. The Morgan fingerprint density at radius 1 is 1.32 bits per heavy atom. The third kappa shape index (κ3) is 5.55. The maximum absolute atomic E-state index is 12.2. The Labute approximate surface area is 115 Å². The predicted octanol–water partition coefficient (Wildman–Crippen LogP) is 3.50. The number of nitrogens with zero attached hydrogens (tertiary/aromatic N) is 1. The van der Waals surface area contributed by atoms with Gasteiger partial charge in [-0.25, -0.2) is 0 Å². The highest BCUT2D eigenvalue weighted by molar-refractivity contribution is 8.00. The molecule has 1 atom stereocenters. The van der Waals surface area contributed by atoms with E-state index in [2.05, 4.69) is 0 Å². The van der Waals surface area contributed by atoms with E-state index in [9.17, 15) is 18.0 Å². The van der Waals surface area contributed by atoms with Gasteiger partial charge in [-0.15, -0.1) is 11.8 Å². The van der Waals surface area contributed by atoms with E-state index in [4.69, 9.17) is 0 Å². The molecule has 1 aromatic carbocycles. The van der Waals surface area contributed by atoms with Gasteiger partial charge < -0.3 is 4.90 Å². The Morgan fingerprint density at radius 3 is 2.32 bits per heavy atom. The van der Waals surface area contributed by atoms with Crippen molar-refractivity contribution in [3.8, 4) is 0 Å². The number of benzene rings is 1. The van der Waals surface area contributed by atoms with Gasteiger partial charge in [0.25, 0.3) is 0 Å². The SMILES string of the molecule is Cc1ccc(SC(C)C(=O)N(C)CC(F)(F)F)cc1. The van der Waals surface area contributed by atoms with Gasteiger partial charge >= 0.3 is 6.18 Å². The molecule has 1 unspecified atom stereocenters. The Kier molecular flexibility index (Phi) is 5.29. The van der Waals surface area contributed by atoms with Crippen molar-refractivity contribution in [1.82, 2.24) is 4.90 Å². The number of thioether (sulfide) groups is 1. The highest BCUT2D eigenvalue weighted by Crippen LogP contribution is 2.25. The summed E-state index contributed by atoms with van der Waals surface area (Å²) in [5, 5.41) is -0.546. The monoisotopic (exact) mass is 291 g/mol. The van der Waals surface area contributed by atoms with Crippen LogP contribution in [0.3, 0.4) is 0 Å². The first kappa shape index (κ1) is 15.9. The van der Waals surface area contributed by atoms with Crippen LogP contribution in [0, 0.1) is 6.92 Å². The summed E-state index contributed by atoms with van der Waals surface area (Å²) >= 11 is 1.26. The summed E-state index contributed by atoms with van der Waals surface area (Å²) in [5.74, 6) is -0.525. The van der Waals surface area contributed by atoms with Crippen LogP contribution < -0.4 is 0 Å². The predicted molar refractivity (Wildman–Crippen MR) is 70.2 cm³/mol. The van der Waals surface area contributed by atoms with Crippen molar-refractivity contribution < 1.29 is 18.0 Å². The van der Waals surface area contributed by atoms with Crippen LogP contribution in [0.25, 0.3) is 0 Å². The van der Waals surface area contributed by atoms with Crippen LogP contribution >= 0.6 is 11.8 Å². The largest absolute Gasteiger partial charge is 0.406 e. The first-order valence-electron chi connectivity index (χ1n) is 5.74. The number of alkyl halides is 3. The van der Waals surface area contributed by atoms with Gasteiger partial charge in [-0.05, 0) is 26.0 Å². The topological polar surface area (TPSA) is 20.3 Å². The van der Waals surface area contributed by atoms with Crippen LogP contribution in [0.5, 0.6) is 0 Å². The van der Waals surface area contributed by atoms with Crippen molar-refractivity contribution in [2.45, 2.75) is 30.2 Å². The third-order valence-electron chi connectivity index (χ3n) is 2.47. The van der Waals surface area contributed by atoms with E-state index < -0.39 is 23.9 Å². The van der Waals surface area contributed by atoms with Crippen LogP contribution in [0.15, 0.2) is 29.2 Å². The minimum atomic E-state index is -4.36. The van der Waals surface area contributed by atoms with E-state index in [-0.39, 0.29) is 0 Å². The Balaban J connectivity index is 2.59. The van der Waals surface area contributed by atoms with E-state index in [1.165, 1.54) is 18.8 Å². The molecule has 1 amide bonds. The zero-order valence-electron chi connectivity index (χ0n) is 11.0. The van der Waals surface area contributed by atoms with E-state index in [0.717, 1.165) is 10.5 Å². The standard InChI is InChI=1S/C13H16F3NOS/c1-9-4-6-11(7-5-9)19-10(2)12(18)17(3)8-13(14,15)16/h4-7,10H,8H2,1-3H3. The zero-order chi connectivity index (χ0) is 14.6. The number of hydrogen-bond acceptors (Lipinski definition) is 2. The molecular weight excluding hydrogens is 275 g/mol. The molecule has 0 saturated heterocycles. The Morgan fingerprint density at radius 2 is 1.84 bits per heavy atom. The molecule has 19 heavy (non-hydrogen) atoms. The minimum absolute atomic E-state index is 0.525. The summed E-state index contributed by atoms with van der Waals surface area (Å²) in [4.78, 5) is 13.4. The zero-order valence-corrected chi connectivity index (χ0v) is 11.8. The molecule has 106 valence electrons. The van der Waals surface area contributed by atoms with E-state index in [1.807, 2.05) is 31.2 Å². The van der Waals surface area contributed by atoms with Crippen molar-refractivity contribution in [3.05, 3.63) is 29.8 Å². The number of rotatable bonds is 4. The van der Waals surface area contributed by atoms with Crippen molar-refractivity contribution in [2.75, 3.05) is 13.6 Å². The molecule has 0 spiro atoms. The van der Waals surface area contributed by atoms with Gasteiger partial charge in [-0.2, -0.15) is 13.2 Å². The number of carbonyl (C=O) groups is 1. The molecule has 1 rings (SSSR count). The summed E-state index contributed by atoms with van der Waals surface area (Å²) in [6.07, 6.45) is -4.36. The molecule has 0 aliphatic carbocycles. The van der Waals surface area contributed by atoms with E-state index in [0.29, 0.717) is 4.90 Å². The maximum atomic E-state index is 12.2. The van der Waals surface area contributed by atoms with Crippen LogP contribution in [0.1, 0.15) is 12.5 Å². The minimum Gasteiger partial charge on any atom is -0.336 e. The van der Waals surface area contributed by atoms with Crippen LogP contribution in [0.2, 0.25) is 0 Å². The van der Waals surface area contributed by atoms with Gasteiger partial charge in [0.1, 0.15) is 6.54 Å². The molecular formula is C13H16F3NOS. The molecule has 0 saturated carbocycles. The normalized spacial score (nSPS) is 13.2. The average Bonchev–Trinajstić information content (AvgIpc) is 2.28. The molecule has 2 nitrogen and oxygen atoms in total. The lowest BCUT2D eigenvalue weighted by Gasteiger charge is -2.22. The summed E-state index contributed by atoms with van der Waals surface area (Å²) in [6.45, 7) is 2.34. The lowest BCUT2D eigenvalue weighted by atomic mass is 10.2. The third-order valence-corrected chi connectivity index (χ3v) is 3.57. The smallest absolute Gasteiger partial charge is 0.336 e. The second kappa shape index (κ2) is 6.32. The van der Waals surface area contributed by atoms with Gasteiger partial charge in [0, 0.05) is 11.9 Å². The first-order valence-corrected chi connectivity index (χ1v) is 6.62. The average molecular weight is 291 g/mol. The molecule has 6 heteroatoms. The summed E-state index contributed by atoms with van der Waals surface area (Å²) < 4.78 is 36.6. The molecule has 0 radical (unpaired) electrons. The number of hydrogen-bond donors (Lipinski definition) is 0. The second-order valence-corrected chi connectivity index (χ2v) is 5.80. The highest BCUT2D eigenvalue weighted by Gasteiger charge is 2.32. The molecule has 0 aliphatic rings. The molecule has 0 aromatic heterocycles. The second-order valence-electron chi connectivity index (χ2n) is 4.38. The lowest BCUT2D eigenvalue weighted by molar-refractivity contribution is -0.157. The number of halogens is 3. The fraction of sp³-hybridized carbons (Fsp3) is 0.462. The molecule has 0 heterocycles. The quantitative estimate of drug-likeness (QED) is 0.791. The van der Waals surface area contributed by atoms with E-state index >= 15 is 0 Å². The lowest BCUT2D eigenvalue weighted by Crippen LogP contribution is -2.39. The highest BCUT2D eigenvalue weighted by atomic mass is 32.2. The summed E-state index contributed by atoms with van der Waals surface area (Å²) in [7, 11) is 1.17. The molecule has 0 fully saturated rings. The maximum Gasteiger partial charge on any atom is 0.406 e. The first-order chi connectivity index (χ1) is 8.69. The molecule has 0 bridgehead atoms. The van der Waals surface area contributed by atoms with Crippen molar-refractivity contribution in [2.24, 2.45) is 0 Å². The molecule has 0 N–H and O–H groups in total. The van der Waals surface area contributed by atoms with Gasteiger partial charge in [0.2, 0.25) is 5.91 Å². The number of amides is 1. The van der Waals surface area contributed by atoms with Crippen molar-refractivity contribution in [1.29, 1.82) is 0 Å². The Hall–Kier alpha value is -1.17. The Bertz CT molecular complexity index is 431. The number of aryl methyl sites for hydroxylation is 1. The van der Waals surface area contributed by atoms with Crippen LogP contribution in [-0.4, -0.2) is 35.8 Å². The summed E-state index contributed by atoms with van der Waals surface area (Å²) in [5.41, 5.74) is 1.09. The van der Waals surface area contributed by atoms with Crippen molar-refractivity contribution >= 4 is 17.7 Å². The van der Waals surface area contributed by atoms with E-state index in [1.54, 1.807) is 6.92 Å². The summed E-state index contributed by atoms with van der Waals surface area (Å²) in [6, 6.07) is 7.51. The molecule has 1 aromatic rings. The van der Waals surface area contributed by atoms with Crippen molar-refractivity contribution in [3.63, 3.8) is 0 Å². The van der Waals surface area contributed by atoms with Gasteiger partial charge in [-0.3, -0.25) is 4.79 Å².